The van der Waals surface area contributed by atoms with E-state index in [0.717, 1.165) is 12.8 Å². The number of aromatic nitrogens is 1. The highest BCUT2D eigenvalue weighted by Gasteiger charge is 2.30. The number of ether oxygens (including phenoxy) is 2. The van der Waals surface area contributed by atoms with Gasteiger partial charge in [-0.3, -0.25) is 9.59 Å². The molecule has 0 unspecified atom stereocenters. The first kappa shape index (κ1) is 24.6. The molecule has 0 saturated carbocycles. The number of ketones is 1. The summed E-state index contributed by atoms with van der Waals surface area (Å²) < 4.78 is 26.0. The number of nitrogens with zero attached hydrogens (tertiary/aromatic N) is 2. The van der Waals surface area contributed by atoms with E-state index in [2.05, 4.69) is 0 Å². The second-order valence-electron chi connectivity index (χ2n) is 8.15. The van der Waals surface area contributed by atoms with Gasteiger partial charge in [0.1, 0.15) is 11.5 Å². The lowest BCUT2D eigenvalue weighted by Crippen LogP contribution is -2.41. The third-order valence-electron chi connectivity index (χ3n) is 5.99. The summed E-state index contributed by atoms with van der Waals surface area (Å²) in [6.45, 7) is 8.59. The molecule has 1 fully saturated rings. The third-order valence-corrected chi connectivity index (χ3v) is 5.99. The van der Waals surface area contributed by atoms with Crippen LogP contribution in [0.2, 0.25) is 0 Å². The van der Waals surface area contributed by atoms with Crippen molar-refractivity contribution in [3.63, 3.8) is 0 Å². The predicted molar refractivity (Wildman–Crippen MR) is 121 cm³/mol. The highest BCUT2D eigenvalue weighted by Crippen LogP contribution is 2.25. The largest absolute Gasteiger partial charge is 0.461 e. The average Bonchev–Trinajstić information content (AvgIpc) is 3.38. The van der Waals surface area contributed by atoms with Crippen LogP contribution >= 0.6 is 0 Å². The summed E-state index contributed by atoms with van der Waals surface area (Å²) in [7, 11) is 0. The van der Waals surface area contributed by atoms with Gasteiger partial charge in [0.15, 0.2) is 5.78 Å². The molecule has 178 valence electrons. The summed E-state index contributed by atoms with van der Waals surface area (Å²) in [4.78, 5) is 40.7. The highest BCUT2D eigenvalue weighted by molar-refractivity contribution is 6.06. The fourth-order valence-corrected chi connectivity index (χ4v) is 4.44. The van der Waals surface area contributed by atoms with Gasteiger partial charge in [0.25, 0.3) is 5.91 Å². The zero-order chi connectivity index (χ0) is 24.1. The Labute approximate surface area is 193 Å². The zero-order valence-electron chi connectivity index (χ0n) is 19.7. The van der Waals surface area contributed by atoms with Gasteiger partial charge in [-0.15, -0.1) is 0 Å². The van der Waals surface area contributed by atoms with E-state index in [-0.39, 0.29) is 37.5 Å². The van der Waals surface area contributed by atoms with E-state index >= 15 is 0 Å². The van der Waals surface area contributed by atoms with Crippen molar-refractivity contribution in [1.82, 2.24) is 9.47 Å². The molecule has 0 N–H and O–H groups in total. The van der Waals surface area contributed by atoms with Gasteiger partial charge in [-0.2, -0.15) is 0 Å². The molecule has 1 aromatic heterocycles. The van der Waals surface area contributed by atoms with Crippen molar-refractivity contribution in [3.8, 4) is 0 Å². The molecule has 1 amide bonds. The molecule has 3 rings (SSSR count). The summed E-state index contributed by atoms with van der Waals surface area (Å²) >= 11 is 0. The molecule has 2 heterocycles. The average molecular weight is 459 g/mol. The number of halogens is 1. The molecule has 0 aliphatic carbocycles. The van der Waals surface area contributed by atoms with E-state index in [4.69, 9.17) is 9.47 Å². The van der Waals surface area contributed by atoms with Gasteiger partial charge < -0.3 is 18.9 Å². The van der Waals surface area contributed by atoms with Crippen molar-refractivity contribution in [2.24, 2.45) is 0 Å². The summed E-state index contributed by atoms with van der Waals surface area (Å²) in [5.41, 5.74) is 2.28. The van der Waals surface area contributed by atoms with Crippen molar-refractivity contribution in [1.29, 1.82) is 0 Å². The zero-order valence-corrected chi connectivity index (χ0v) is 19.7. The first-order valence-electron chi connectivity index (χ1n) is 11.3. The molecular weight excluding hydrogens is 427 g/mol. The van der Waals surface area contributed by atoms with Gasteiger partial charge in [-0.25, -0.2) is 9.18 Å². The monoisotopic (exact) mass is 458 g/mol. The number of rotatable bonds is 9. The maximum absolute atomic E-state index is 13.5. The van der Waals surface area contributed by atoms with Gasteiger partial charge in [0.05, 0.1) is 19.3 Å². The Morgan fingerprint density at radius 1 is 1.18 bits per heavy atom. The predicted octanol–water partition coefficient (Wildman–Crippen LogP) is 3.94. The van der Waals surface area contributed by atoms with Crippen LogP contribution in [0.25, 0.3) is 0 Å². The molecule has 7 nitrogen and oxygen atoms in total. The Kier molecular flexibility index (Phi) is 8.02. The molecule has 33 heavy (non-hydrogen) atoms. The van der Waals surface area contributed by atoms with Crippen LogP contribution < -0.4 is 0 Å². The van der Waals surface area contributed by atoms with Gasteiger partial charge in [-0.1, -0.05) is 0 Å². The Balaban J connectivity index is 1.92. The Morgan fingerprint density at radius 3 is 2.45 bits per heavy atom. The van der Waals surface area contributed by atoms with E-state index in [1.165, 1.54) is 29.2 Å². The quantitative estimate of drug-likeness (QED) is 0.420. The summed E-state index contributed by atoms with van der Waals surface area (Å²) in [6, 6.07) is 5.27. The topological polar surface area (TPSA) is 77.8 Å². The number of Topliss-reactive ketones (excluding diaryl/α,β-unsaturated/α-hetero) is 1. The highest BCUT2D eigenvalue weighted by atomic mass is 19.1. The number of amides is 1. The minimum Gasteiger partial charge on any atom is -0.461 e. The van der Waals surface area contributed by atoms with Crippen molar-refractivity contribution >= 4 is 17.7 Å². The van der Waals surface area contributed by atoms with E-state index in [9.17, 15) is 18.8 Å². The summed E-state index contributed by atoms with van der Waals surface area (Å²) in [5, 5.41) is 0. The van der Waals surface area contributed by atoms with Crippen LogP contribution in [0.15, 0.2) is 24.3 Å². The van der Waals surface area contributed by atoms with Crippen molar-refractivity contribution in [2.45, 2.75) is 53.2 Å². The van der Waals surface area contributed by atoms with Crippen LogP contribution in [0, 0.1) is 19.7 Å². The number of carbonyl (C=O) groups excluding carboxylic acids is 3. The van der Waals surface area contributed by atoms with E-state index < -0.39 is 11.8 Å². The van der Waals surface area contributed by atoms with E-state index in [1.54, 1.807) is 25.3 Å². The molecule has 2 aromatic rings. The lowest BCUT2D eigenvalue weighted by Gasteiger charge is -2.25. The van der Waals surface area contributed by atoms with Crippen LogP contribution in [-0.2, 0) is 16.0 Å². The third kappa shape index (κ3) is 5.33. The van der Waals surface area contributed by atoms with Crippen molar-refractivity contribution < 1.29 is 28.2 Å². The minimum atomic E-state index is -0.474. The molecule has 0 bridgehead atoms. The minimum absolute atomic E-state index is 0.153. The maximum Gasteiger partial charge on any atom is 0.355 e. The maximum atomic E-state index is 13.5. The first-order chi connectivity index (χ1) is 15.8. The fraction of sp³-hybridized carbons (Fsp3) is 0.480. The molecule has 0 spiro atoms. The van der Waals surface area contributed by atoms with Crippen molar-refractivity contribution in [3.05, 3.63) is 58.2 Å². The van der Waals surface area contributed by atoms with Crippen molar-refractivity contribution in [2.75, 3.05) is 26.3 Å². The summed E-state index contributed by atoms with van der Waals surface area (Å²) in [6.07, 6.45) is 1.55. The molecule has 1 aromatic carbocycles. The van der Waals surface area contributed by atoms with E-state index in [1.807, 2.05) is 6.92 Å². The van der Waals surface area contributed by atoms with Gasteiger partial charge in [0.2, 0.25) is 0 Å². The van der Waals surface area contributed by atoms with Gasteiger partial charge in [-0.05, 0) is 70.4 Å². The van der Waals surface area contributed by atoms with Crippen LogP contribution in [0.4, 0.5) is 4.39 Å². The molecular formula is C25H31FN2O5. The van der Waals surface area contributed by atoms with E-state index in [0.29, 0.717) is 41.2 Å². The molecule has 1 atom stereocenters. The molecule has 1 aliphatic heterocycles. The molecule has 0 radical (unpaired) electrons. The standard InChI is InChI=1S/C25H31FN2O5/c1-5-28-17(4)22(16(3)23(28)25(31)32-6-2)21(29)15-27(14-20-8-7-13-33-20)24(30)18-9-11-19(26)12-10-18/h9-12,20H,5-8,13-15H2,1-4H3/t20-/m0/s1. The molecule has 1 saturated heterocycles. The number of benzene rings is 1. The summed E-state index contributed by atoms with van der Waals surface area (Å²) in [5.74, 6) is -1.55. The second-order valence-corrected chi connectivity index (χ2v) is 8.15. The number of esters is 1. The number of hydrogen-bond donors (Lipinski definition) is 0. The Bertz CT molecular complexity index is 1020. The van der Waals surface area contributed by atoms with Crippen LogP contribution in [0.1, 0.15) is 69.2 Å². The smallest absolute Gasteiger partial charge is 0.355 e. The fourth-order valence-electron chi connectivity index (χ4n) is 4.44. The second kappa shape index (κ2) is 10.7. The molecule has 8 heteroatoms. The Morgan fingerprint density at radius 2 is 1.88 bits per heavy atom. The van der Waals surface area contributed by atoms with Crippen LogP contribution in [-0.4, -0.2) is 59.5 Å². The first-order valence-corrected chi connectivity index (χ1v) is 11.3. The number of carbonyl (C=O) groups is 3. The Hall–Kier alpha value is -3.00. The van der Waals surface area contributed by atoms with Gasteiger partial charge >= 0.3 is 5.97 Å². The van der Waals surface area contributed by atoms with Crippen LogP contribution in [0.5, 0.6) is 0 Å². The lowest BCUT2D eigenvalue weighted by molar-refractivity contribution is 0.0505. The SMILES string of the molecule is CCOC(=O)c1c(C)c(C(=O)CN(C[C@@H]2CCCO2)C(=O)c2ccc(F)cc2)c(C)n1CC. The lowest BCUT2D eigenvalue weighted by atomic mass is 10.0. The number of hydrogen-bond acceptors (Lipinski definition) is 5. The normalized spacial score (nSPS) is 15.5. The molecule has 1 aliphatic rings. The van der Waals surface area contributed by atoms with Crippen LogP contribution in [0.3, 0.4) is 0 Å². The van der Waals surface area contributed by atoms with Gasteiger partial charge in [0, 0.05) is 36.5 Å².